The van der Waals surface area contributed by atoms with Crippen molar-refractivity contribution < 1.29 is 17.9 Å². The second-order valence-electron chi connectivity index (χ2n) is 4.53. The standard InChI is InChI=1S/C16H17NO4S/c1-2-17(15-11-7-4-8-12-15)22(19,20)16(18)21-13-14-9-5-3-6-10-14/h3-12H,2,13H2,1H3. The summed E-state index contributed by atoms with van der Waals surface area (Å²) in [4.78, 5) is 12.0. The maximum Gasteiger partial charge on any atom is 0.445 e. The van der Waals surface area contributed by atoms with E-state index in [1.165, 1.54) is 0 Å². The van der Waals surface area contributed by atoms with Gasteiger partial charge in [-0.2, -0.15) is 8.42 Å². The van der Waals surface area contributed by atoms with Crippen LogP contribution in [0.1, 0.15) is 12.5 Å². The van der Waals surface area contributed by atoms with Crippen LogP contribution in [0.15, 0.2) is 60.7 Å². The van der Waals surface area contributed by atoms with Gasteiger partial charge in [0.05, 0.1) is 5.69 Å². The molecule has 0 bridgehead atoms. The summed E-state index contributed by atoms with van der Waals surface area (Å²) in [6, 6.07) is 17.4. The largest absolute Gasteiger partial charge is 0.448 e. The predicted molar refractivity (Wildman–Crippen MR) is 85.0 cm³/mol. The average molecular weight is 319 g/mol. The fourth-order valence-electron chi connectivity index (χ4n) is 1.97. The zero-order chi connectivity index (χ0) is 16.0. The minimum Gasteiger partial charge on any atom is -0.448 e. The summed E-state index contributed by atoms with van der Waals surface area (Å²) in [5, 5.41) is -1.25. The summed E-state index contributed by atoms with van der Waals surface area (Å²) in [7, 11) is -4.20. The molecular weight excluding hydrogens is 302 g/mol. The van der Waals surface area contributed by atoms with Crippen molar-refractivity contribution in [3.63, 3.8) is 0 Å². The number of para-hydroxylation sites is 1. The van der Waals surface area contributed by atoms with E-state index in [9.17, 15) is 13.2 Å². The molecule has 0 aliphatic rings. The van der Waals surface area contributed by atoms with Gasteiger partial charge in [-0.15, -0.1) is 0 Å². The van der Waals surface area contributed by atoms with Gasteiger partial charge in [0.1, 0.15) is 6.61 Å². The van der Waals surface area contributed by atoms with Gasteiger partial charge in [0.2, 0.25) is 0 Å². The van der Waals surface area contributed by atoms with Gasteiger partial charge in [0.15, 0.2) is 0 Å². The third-order valence-corrected chi connectivity index (χ3v) is 4.62. The Kier molecular flexibility index (Phi) is 5.16. The zero-order valence-corrected chi connectivity index (χ0v) is 13.0. The fourth-order valence-corrected chi connectivity index (χ4v) is 3.09. The molecule has 2 aromatic carbocycles. The zero-order valence-electron chi connectivity index (χ0n) is 12.2. The topological polar surface area (TPSA) is 63.7 Å². The van der Waals surface area contributed by atoms with E-state index >= 15 is 0 Å². The Labute approximate surface area is 130 Å². The maximum absolute atomic E-state index is 12.3. The Hall–Kier alpha value is -2.34. The lowest BCUT2D eigenvalue weighted by Gasteiger charge is -2.21. The van der Waals surface area contributed by atoms with Crippen LogP contribution in [0.2, 0.25) is 0 Å². The highest BCUT2D eigenvalue weighted by molar-refractivity contribution is 8.06. The molecule has 0 heterocycles. The molecule has 0 unspecified atom stereocenters. The molecule has 5 nitrogen and oxygen atoms in total. The number of hydrogen-bond acceptors (Lipinski definition) is 4. The summed E-state index contributed by atoms with van der Waals surface area (Å²) in [6.45, 7) is 1.73. The lowest BCUT2D eigenvalue weighted by atomic mass is 10.2. The van der Waals surface area contributed by atoms with Crippen LogP contribution in [0.3, 0.4) is 0 Å². The Morgan fingerprint density at radius 1 is 1.00 bits per heavy atom. The first-order valence-electron chi connectivity index (χ1n) is 6.84. The molecule has 6 heteroatoms. The van der Waals surface area contributed by atoms with Gasteiger partial charge in [0.25, 0.3) is 0 Å². The first-order valence-corrected chi connectivity index (χ1v) is 8.28. The van der Waals surface area contributed by atoms with Gasteiger partial charge in [-0.3, -0.25) is 4.31 Å². The maximum atomic E-state index is 12.3. The highest BCUT2D eigenvalue weighted by Crippen LogP contribution is 2.19. The molecule has 0 saturated carbocycles. The number of anilines is 1. The van der Waals surface area contributed by atoms with E-state index in [0.29, 0.717) is 5.69 Å². The highest BCUT2D eigenvalue weighted by atomic mass is 32.2. The minimum atomic E-state index is -4.20. The normalized spacial score (nSPS) is 11.0. The molecule has 0 spiro atoms. The molecule has 0 aliphatic carbocycles. The summed E-state index contributed by atoms with van der Waals surface area (Å²) in [5.41, 5.74) is 1.16. The number of sulfonamides is 1. The lowest BCUT2D eigenvalue weighted by molar-refractivity contribution is 0.165. The third kappa shape index (κ3) is 3.65. The van der Waals surface area contributed by atoms with Crippen LogP contribution in [0.5, 0.6) is 0 Å². The Bertz CT molecular complexity index is 714. The molecule has 0 aliphatic heterocycles. The third-order valence-electron chi connectivity index (χ3n) is 3.03. The molecule has 116 valence electrons. The predicted octanol–water partition coefficient (Wildman–Crippen LogP) is 3.18. The van der Waals surface area contributed by atoms with E-state index in [0.717, 1.165) is 9.87 Å². The van der Waals surface area contributed by atoms with Crippen LogP contribution in [-0.2, 0) is 21.4 Å². The Morgan fingerprint density at radius 2 is 1.55 bits per heavy atom. The molecule has 0 atom stereocenters. The summed E-state index contributed by atoms with van der Waals surface area (Å²) in [6.07, 6.45) is 0. The van der Waals surface area contributed by atoms with Gasteiger partial charge in [-0.1, -0.05) is 48.5 Å². The number of carbonyl (C=O) groups excluding carboxylic acids is 1. The molecule has 0 N–H and O–H groups in total. The van der Waals surface area contributed by atoms with Crippen LogP contribution < -0.4 is 4.31 Å². The molecule has 0 radical (unpaired) electrons. The van der Waals surface area contributed by atoms with Crippen molar-refractivity contribution in [1.29, 1.82) is 0 Å². The van der Waals surface area contributed by atoms with Crippen LogP contribution in [0, 0.1) is 0 Å². The van der Waals surface area contributed by atoms with Gasteiger partial charge < -0.3 is 4.74 Å². The van der Waals surface area contributed by atoms with Crippen molar-refractivity contribution in [1.82, 2.24) is 0 Å². The van der Waals surface area contributed by atoms with E-state index < -0.39 is 15.3 Å². The molecule has 0 aromatic heterocycles. The van der Waals surface area contributed by atoms with E-state index in [2.05, 4.69) is 0 Å². The van der Waals surface area contributed by atoms with Crippen LogP contribution in [0.4, 0.5) is 10.5 Å². The molecule has 2 aromatic rings. The number of nitrogens with zero attached hydrogens (tertiary/aromatic N) is 1. The molecular formula is C16H17NO4S. The van der Waals surface area contributed by atoms with Crippen LogP contribution in [-0.4, -0.2) is 20.3 Å². The summed E-state index contributed by atoms with van der Waals surface area (Å²) in [5.74, 6) is 0. The monoisotopic (exact) mass is 319 g/mol. The molecule has 0 saturated heterocycles. The van der Waals surface area contributed by atoms with E-state index in [1.54, 1.807) is 61.5 Å². The summed E-state index contributed by atoms with van der Waals surface area (Å²) < 4.78 is 30.6. The first-order chi connectivity index (χ1) is 10.6. The minimum absolute atomic E-state index is 0.0781. The van der Waals surface area contributed by atoms with E-state index in [4.69, 9.17) is 4.74 Å². The Balaban J connectivity index is 2.12. The van der Waals surface area contributed by atoms with Crippen molar-refractivity contribution in [3.05, 3.63) is 66.2 Å². The number of ether oxygens (including phenoxy) is 1. The number of hydrogen-bond donors (Lipinski definition) is 0. The fraction of sp³-hybridized carbons (Fsp3) is 0.188. The average Bonchev–Trinajstić information content (AvgIpc) is 2.55. The van der Waals surface area contributed by atoms with Gasteiger partial charge in [-0.05, 0) is 24.6 Å². The first kappa shape index (κ1) is 16.0. The van der Waals surface area contributed by atoms with Crippen molar-refractivity contribution in [2.45, 2.75) is 13.5 Å². The summed E-state index contributed by atoms with van der Waals surface area (Å²) >= 11 is 0. The van der Waals surface area contributed by atoms with Crippen molar-refractivity contribution in [2.24, 2.45) is 0 Å². The number of benzene rings is 2. The Morgan fingerprint density at radius 3 is 2.09 bits per heavy atom. The van der Waals surface area contributed by atoms with Gasteiger partial charge >= 0.3 is 15.3 Å². The SMILES string of the molecule is CCN(c1ccccc1)S(=O)(=O)C(=O)OCc1ccccc1. The van der Waals surface area contributed by atoms with Crippen molar-refractivity contribution in [3.8, 4) is 0 Å². The molecule has 0 amide bonds. The van der Waals surface area contributed by atoms with E-state index in [-0.39, 0.29) is 13.2 Å². The van der Waals surface area contributed by atoms with Gasteiger partial charge in [0, 0.05) is 6.54 Å². The van der Waals surface area contributed by atoms with Crippen LogP contribution >= 0.6 is 0 Å². The highest BCUT2D eigenvalue weighted by Gasteiger charge is 2.31. The molecule has 0 fully saturated rings. The second-order valence-corrected chi connectivity index (χ2v) is 6.25. The number of carbonyl (C=O) groups is 1. The van der Waals surface area contributed by atoms with Crippen LogP contribution in [0.25, 0.3) is 0 Å². The van der Waals surface area contributed by atoms with E-state index in [1.807, 2.05) is 6.07 Å². The molecule has 22 heavy (non-hydrogen) atoms. The molecule has 2 rings (SSSR count). The van der Waals surface area contributed by atoms with Gasteiger partial charge in [-0.25, -0.2) is 4.79 Å². The number of rotatable bonds is 5. The lowest BCUT2D eigenvalue weighted by Crippen LogP contribution is -2.36. The van der Waals surface area contributed by atoms with Crippen molar-refractivity contribution in [2.75, 3.05) is 10.8 Å². The quantitative estimate of drug-likeness (QED) is 0.794. The van der Waals surface area contributed by atoms with Crippen molar-refractivity contribution >= 4 is 21.0 Å². The smallest absolute Gasteiger partial charge is 0.445 e. The second kappa shape index (κ2) is 7.09.